The van der Waals surface area contributed by atoms with E-state index < -0.39 is 0 Å². The van der Waals surface area contributed by atoms with Crippen LogP contribution in [0.3, 0.4) is 0 Å². The Bertz CT molecular complexity index is 28.5. The Morgan fingerprint density at radius 1 is 0.778 bits per heavy atom. The van der Waals surface area contributed by atoms with Crippen LogP contribution < -0.4 is 24.0 Å². The summed E-state index contributed by atoms with van der Waals surface area (Å²) in [5, 5.41) is 0. The summed E-state index contributed by atoms with van der Waals surface area (Å²) in [6.07, 6.45) is 11.0. The molecule has 0 aromatic carbocycles. The molecule has 0 N–H and O–H groups in total. The average molecular weight is 289 g/mol. The summed E-state index contributed by atoms with van der Waals surface area (Å²) in [4.78, 5) is 0. The maximum atomic E-state index is 2.42. The molecule has 51 valence electrons. The molecule has 1 aliphatic rings. The average Bonchev–Trinajstić information content (AvgIpc) is 1.90. The molecular weight excluding hydrogens is 276 g/mol. The maximum Gasteiger partial charge on any atom is 0 e. The van der Waals surface area contributed by atoms with Crippen LogP contribution in [0.25, 0.3) is 0 Å². The predicted molar refractivity (Wildman–Crippen MR) is 32.0 cm³/mol. The molecule has 1 rings (SSSR count). The normalized spacial score (nSPS) is 18.7. The van der Waals surface area contributed by atoms with Crippen molar-refractivity contribution in [2.75, 3.05) is 0 Å². The Balaban J connectivity index is 0. The van der Waals surface area contributed by atoms with Gasteiger partial charge in [0.25, 0.3) is 0 Å². The van der Waals surface area contributed by atoms with Crippen molar-refractivity contribution in [1.29, 1.82) is 0 Å². The first kappa shape index (κ1) is 13.0. The van der Waals surface area contributed by atoms with E-state index in [1.165, 1.54) is 38.5 Å². The van der Waals surface area contributed by atoms with Crippen LogP contribution in [0, 0.1) is 6.42 Å². The van der Waals surface area contributed by atoms with Crippen molar-refractivity contribution in [3.63, 3.8) is 0 Å². The zero-order valence-electron chi connectivity index (χ0n) is 5.91. The van der Waals surface area contributed by atoms with Gasteiger partial charge < -0.3 is 24.0 Å². The van der Waals surface area contributed by atoms with Crippen LogP contribution in [0.2, 0.25) is 0 Å². The Morgan fingerprint density at radius 2 is 1.22 bits per heavy atom. The third kappa shape index (κ3) is 7.25. The van der Waals surface area contributed by atoms with E-state index in [2.05, 4.69) is 6.42 Å². The largest absolute Gasteiger partial charge is 1.00 e. The van der Waals surface area contributed by atoms with Crippen molar-refractivity contribution < 1.29 is 43.5 Å². The molecule has 0 atom stereocenters. The Labute approximate surface area is 88.0 Å². The summed E-state index contributed by atoms with van der Waals surface area (Å²) in [6.45, 7) is 0. The maximum absolute atomic E-state index is 2.42. The second-order valence-electron chi connectivity index (χ2n) is 2.28. The van der Waals surface area contributed by atoms with Crippen LogP contribution in [0.4, 0.5) is 0 Å². The number of rotatable bonds is 0. The smallest absolute Gasteiger partial charge is 0 e. The van der Waals surface area contributed by atoms with Gasteiger partial charge in [0.1, 0.15) is 0 Å². The molecule has 2 heteroatoms. The third-order valence-electron chi connectivity index (χ3n) is 1.57. The van der Waals surface area contributed by atoms with Gasteiger partial charge in [-0.05, 0) is 6.42 Å². The molecule has 0 saturated heterocycles. The number of halogens is 1. The summed E-state index contributed by atoms with van der Waals surface area (Å²) >= 11 is 0. The van der Waals surface area contributed by atoms with Gasteiger partial charge in [0.05, 0.1) is 0 Å². The topological polar surface area (TPSA) is 0 Å². The van der Waals surface area contributed by atoms with Gasteiger partial charge in [-0.2, -0.15) is 0 Å². The van der Waals surface area contributed by atoms with Crippen molar-refractivity contribution in [3.05, 3.63) is 6.42 Å². The number of hydrogen-bond donors (Lipinski definition) is 0. The standard InChI is InChI=1S/C7H13.HI.Zn/c1-2-4-6-7-5-3-1;;/h1H,2-7H2;1H;/p-1. The molecule has 9 heavy (non-hydrogen) atoms. The van der Waals surface area contributed by atoms with E-state index in [1.54, 1.807) is 0 Å². The SMILES string of the molecule is [CH]1CCCCCC1.[I-].[Zn]. The first-order valence-electron chi connectivity index (χ1n) is 3.32. The second-order valence-corrected chi connectivity index (χ2v) is 2.28. The van der Waals surface area contributed by atoms with E-state index in [-0.39, 0.29) is 43.5 Å². The van der Waals surface area contributed by atoms with Crippen molar-refractivity contribution in [1.82, 2.24) is 0 Å². The fraction of sp³-hybridized carbons (Fsp3) is 0.857. The van der Waals surface area contributed by atoms with Crippen LogP contribution in [-0.4, -0.2) is 0 Å². The van der Waals surface area contributed by atoms with Gasteiger partial charge in [0, 0.05) is 19.5 Å². The molecule has 0 bridgehead atoms. The molecule has 1 radical (unpaired) electrons. The predicted octanol–water partition coefficient (Wildman–Crippen LogP) is -0.454. The molecule has 1 fully saturated rings. The first-order chi connectivity index (χ1) is 3.50. The van der Waals surface area contributed by atoms with Gasteiger partial charge in [-0.1, -0.05) is 38.5 Å². The Kier molecular flexibility index (Phi) is 13.5. The third-order valence-corrected chi connectivity index (χ3v) is 1.57. The quantitative estimate of drug-likeness (QED) is 0.322. The molecule has 0 heterocycles. The second kappa shape index (κ2) is 9.35. The van der Waals surface area contributed by atoms with Gasteiger partial charge in [0.2, 0.25) is 0 Å². The van der Waals surface area contributed by atoms with E-state index >= 15 is 0 Å². The molecule has 0 spiro atoms. The summed E-state index contributed by atoms with van der Waals surface area (Å²) < 4.78 is 0. The summed E-state index contributed by atoms with van der Waals surface area (Å²) in [7, 11) is 0. The van der Waals surface area contributed by atoms with E-state index in [0.717, 1.165) is 0 Å². The molecule has 0 amide bonds. The molecule has 1 aliphatic carbocycles. The minimum atomic E-state index is 0. The Morgan fingerprint density at radius 3 is 1.67 bits per heavy atom. The van der Waals surface area contributed by atoms with Crippen LogP contribution in [0.1, 0.15) is 38.5 Å². The summed E-state index contributed by atoms with van der Waals surface area (Å²) in [5.41, 5.74) is 0. The summed E-state index contributed by atoms with van der Waals surface area (Å²) in [6, 6.07) is 0. The van der Waals surface area contributed by atoms with E-state index in [9.17, 15) is 0 Å². The molecule has 0 aliphatic heterocycles. The van der Waals surface area contributed by atoms with E-state index in [1.807, 2.05) is 0 Å². The van der Waals surface area contributed by atoms with Crippen molar-refractivity contribution in [3.8, 4) is 0 Å². The Hall–Kier alpha value is 1.35. The van der Waals surface area contributed by atoms with Crippen molar-refractivity contribution in [2.45, 2.75) is 38.5 Å². The van der Waals surface area contributed by atoms with E-state index in [0.29, 0.717) is 0 Å². The van der Waals surface area contributed by atoms with Gasteiger partial charge in [-0.25, -0.2) is 0 Å². The van der Waals surface area contributed by atoms with Crippen molar-refractivity contribution >= 4 is 0 Å². The monoisotopic (exact) mass is 288 g/mol. The number of hydrogen-bond acceptors (Lipinski definition) is 0. The van der Waals surface area contributed by atoms with Crippen LogP contribution in [0.5, 0.6) is 0 Å². The zero-order valence-corrected chi connectivity index (χ0v) is 11.0. The van der Waals surface area contributed by atoms with E-state index in [4.69, 9.17) is 0 Å². The fourth-order valence-corrected chi connectivity index (χ4v) is 1.08. The molecule has 0 aromatic heterocycles. The fourth-order valence-electron chi connectivity index (χ4n) is 1.08. The molecule has 0 aromatic rings. The summed E-state index contributed by atoms with van der Waals surface area (Å²) in [5.74, 6) is 0. The zero-order chi connectivity index (χ0) is 4.95. The van der Waals surface area contributed by atoms with Crippen LogP contribution in [-0.2, 0) is 19.5 Å². The first-order valence-corrected chi connectivity index (χ1v) is 3.32. The molecule has 1 saturated carbocycles. The molecular formula is C7H13IZn-. The van der Waals surface area contributed by atoms with Crippen molar-refractivity contribution in [2.24, 2.45) is 0 Å². The molecule has 0 nitrogen and oxygen atoms in total. The van der Waals surface area contributed by atoms with Gasteiger partial charge in [-0.15, -0.1) is 0 Å². The van der Waals surface area contributed by atoms with Gasteiger partial charge in [-0.3, -0.25) is 0 Å². The molecule has 0 unspecified atom stereocenters. The van der Waals surface area contributed by atoms with Crippen LogP contribution >= 0.6 is 0 Å². The minimum Gasteiger partial charge on any atom is -1.00 e. The minimum absolute atomic E-state index is 0. The van der Waals surface area contributed by atoms with Gasteiger partial charge >= 0.3 is 0 Å². The van der Waals surface area contributed by atoms with Gasteiger partial charge in [0.15, 0.2) is 0 Å². The van der Waals surface area contributed by atoms with Crippen LogP contribution in [0.15, 0.2) is 0 Å².